The Kier molecular flexibility index (Phi) is 3.22. The Morgan fingerprint density at radius 2 is 1.84 bits per heavy atom. The number of carboxylic acids is 1. The number of hydrogen-bond acceptors (Lipinski definition) is 5. The molecule has 0 atom stereocenters. The maximum absolute atomic E-state index is 10.9. The van der Waals surface area contributed by atoms with Crippen molar-refractivity contribution in [3.8, 4) is 0 Å². The summed E-state index contributed by atoms with van der Waals surface area (Å²) < 4.78 is 5.98. The van der Waals surface area contributed by atoms with E-state index in [1.165, 1.54) is 6.20 Å². The predicted octanol–water partition coefficient (Wildman–Crippen LogP) is 1.57. The van der Waals surface area contributed by atoms with Crippen LogP contribution < -0.4 is 4.90 Å². The molecule has 1 aromatic heterocycles. The van der Waals surface area contributed by atoms with Crippen molar-refractivity contribution in [1.29, 1.82) is 0 Å². The predicted molar refractivity (Wildman–Crippen MR) is 70.4 cm³/mol. The smallest absolute Gasteiger partial charge is 0.356 e. The van der Waals surface area contributed by atoms with E-state index in [1.54, 1.807) is 6.20 Å². The molecular formula is C13H19N3O3. The maximum atomic E-state index is 10.9. The molecule has 104 valence electrons. The topological polar surface area (TPSA) is 75.6 Å². The second kappa shape index (κ2) is 4.45. The highest BCUT2D eigenvalue weighted by Crippen LogP contribution is 2.30. The summed E-state index contributed by atoms with van der Waals surface area (Å²) in [5.74, 6) is -0.495. The van der Waals surface area contributed by atoms with Crippen LogP contribution >= 0.6 is 0 Å². The molecule has 6 nitrogen and oxygen atoms in total. The summed E-state index contributed by atoms with van der Waals surface area (Å²) in [7, 11) is 0. The van der Waals surface area contributed by atoms with E-state index in [-0.39, 0.29) is 16.9 Å². The van der Waals surface area contributed by atoms with Gasteiger partial charge in [-0.2, -0.15) is 0 Å². The minimum atomic E-state index is -1.07. The van der Waals surface area contributed by atoms with E-state index in [0.717, 1.165) is 0 Å². The third kappa shape index (κ3) is 3.20. The van der Waals surface area contributed by atoms with Crippen LogP contribution in [-0.2, 0) is 4.74 Å². The van der Waals surface area contributed by atoms with Crippen LogP contribution in [0, 0.1) is 0 Å². The molecule has 0 bridgehead atoms. The summed E-state index contributed by atoms with van der Waals surface area (Å²) in [6, 6.07) is 0. The van der Waals surface area contributed by atoms with Gasteiger partial charge in [-0.25, -0.2) is 9.78 Å². The Morgan fingerprint density at radius 3 is 2.37 bits per heavy atom. The van der Waals surface area contributed by atoms with Gasteiger partial charge in [0.2, 0.25) is 0 Å². The number of carbonyl (C=O) groups is 1. The fourth-order valence-corrected chi connectivity index (χ4v) is 2.56. The third-order valence-electron chi connectivity index (χ3n) is 2.86. The number of hydrogen-bond donors (Lipinski definition) is 1. The SMILES string of the molecule is CC1(C)CN(c2cncc(C(=O)O)n2)CC(C)(C)O1. The fraction of sp³-hybridized carbons (Fsp3) is 0.615. The summed E-state index contributed by atoms with van der Waals surface area (Å²) in [5, 5.41) is 8.97. The molecule has 6 heteroatoms. The van der Waals surface area contributed by atoms with Gasteiger partial charge in [-0.15, -0.1) is 0 Å². The standard InChI is InChI=1S/C13H19N3O3/c1-12(2)7-16(8-13(3,4)19-12)10-6-14-5-9(15-10)11(17)18/h5-6H,7-8H2,1-4H3,(H,17,18). The molecule has 0 amide bonds. The molecule has 2 heterocycles. The van der Waals surface area contributed by atoms with Crippen molar-refractivity contribution in [2.24, 2.45) is 0 Å². The zero-order chi connectivity index (χ0) is 14.3. The van der Waals surface area contributed by atoms with Gasteiger partial charge in [0.05, 0.1) is 23.6 Å². The largest absolute Gasteiger partial charge is 0.476 e. The van der Waals surface area contributed by atoms with Gasteiger partial charge in [0.1, 0.15) is 5.82 Å². The molecule has 0 saturated carbocycles. The average Bonchev–Trinajstić information content (AvgIpc) is 2.25. The highest BCUT2D eigenvalue weighted by molar-refractivity contribution is 5.85. The lowest BCUT2D eigenvalue weighted by atomic mass is 9.99. The van der Waals surface area contributed by atoms with Crippen molar-refractivity contribution in [3.63, 3.8) is 0 Å². The molecule has 1 aromatic rings. The molecule has 0 spiro atoms. The first kappa shape index (κ1) is 13.7. The molecule has 19 heavy (non-hydrogen) atoms. The normalized spacial score (nSPS) is 21.2. The van der Waals surface area contributed by atoms with Gasteiger partial charge >= 0.3 is 5.97 Å². The number of ether oxygens (including phenoxy) is 1. The molecule has 1 fully saturated rings. The average molecular weight is 265 g/mol. The van der Waals surface area contributed by atoms with Crippen molar-refractivity contribution in [1.82, 2.24) is 9.97 Å². The Hall–Kier alpha value is -1.69. The number of carboxylic acid groups (broad SMARTS) is 1. The lowest BCUT2D eigenvalue weighted by Gasteiger charge is -2.47. The van der Waals surface area contributed by atoms with Crippen molar-refractivity contribution in [2.45, 2.75) is 38.9 Å². The van der Waals surface area contributed by atoms with Crippen LogP contribution in [0.1, 0.15) is 38.2 Å². The third-order valence-corrected chi connectivity index (χ3v) is 2.86. The molecule has 0 radical (unpaired) electrons. The minimum absolute atomic E-state index is 0.0420. The van der Waals surface area contributed by atoms with Gasteiger partial charge in [-0.3, -0.25) is 4.98 Å². The molecule has 1 saturated heterocycles. The van der Waals surface area contributed by atoms with Crippen molar-refractivity contribution in [3.05, 3.63) is 18.1 Å². The zero-order valence-electron chi connectivity index (χ0n) is 11.7. The van der Waals surface area contributed by atoms with Gasteiger partial charge in [0.25, 0.3) is 0 Å². The van der Waals surface area contributed by atoms with Crippen LogP contribution in [0.15, 0.2) is 12.4 Å². The number of aromatic nitrogens is 2. The van der Waals surface area contributed by atoms with Crippen LogP contribution in [0.5, 0.6) is 0 Å². The quantitative estimate of drug-likeness (QED) is 0.874. The van der Waals surface area contributed by atoms with Gasteiger partial charge in [-0.05, 0) is 27.7 Å². The van der Waals surface area contributed by atoms with Gasteiger partial charge < -0.3 is 14.7 Å². The van der Waals surface area contributed by atoms with Crippen molar-refractivity contribution < 1.29 is 14.6 Å². The molecule has 0 aromatic carbocycles. The molecule has 0 unspecified atom stereocenters. The Balaban J connectivity index is 2.30. The second-order valence-electron chi connectivity index (χ2n) is 6.05. The molecule has 1 aliphatic heterocycles. The van der Waals surface area contributed by atoms with E-state index in [1.807, 2.05) is 32.6 Å². The minimum Gasteiger partial charge on any atom is -0.476 e. The first-order chi connectivity index (χ1) is 8.69. The number of anilines is 1. The summed E-state index contributed by atoms with van der Waals surface area (Å²) in [6.45, 7) is 9.33. The van der Waals surface area contributed by atoms with Gasteiger partial charge in [0, 0.05) is 13.1 Å². The number of rotatable bonds is 2. The Labute approximate surface area is 112 Å². The Bertz CT molecular complexity index is 484. The summed E-state index contributed by atoms with van der Waals surface area (Å²) in [5.41, 5.74) is -0.676. The van der Waals surface area contributed by atoms with E-state index in [9.17, 15) is 4.79 Å². The van der Waals surface area contributed by atoms with Crippen LogP contribution in [0.4, 0.5) is 5.82 Å². The van der Waals surface area contributed by atoms with E-state index in [0.29, 0.717) is 18.9 Å². The lowest BCUT2D eigenvalue weighted by Crippen LogP contribution is -2.57. The monoisotopic (exact) mass is 265 g/mol. The van der Waals surface area contributed by atoms with Crippen molar-refractivity contribution in [2.75, 3.05) is 18.0 Å². The highest BCUT2D eigenvalue weighted by Gasteiger charge is 2.38. The van der Waals surface area contributed by atoms with Crippen LogP contribution in [0.25, 0.3) is 0 Å². The van der Waals surface area contributed by atoms with Gasteiger partial charge in [0.15, 0.2) is 5.69 Å². The second-order valence-corrected chi connectivity index (χ2v) is 6.05. The van der Waals surface area contributed by atoms with Crippen molar-refractivity contribution >= 4 is 11.8 Å². The first-order valence-corrected chi connectivity index (χ1v) is 6.19. The van der Waals surface area contributed by atoms with Crippen LogP contribution in [0.3, 0.4) is 0 Å². The number of nitrogens with zero attached hydrogens (tertiary/aromatic N) is 3. The Morgan fingerprint density at radius 1 is 1.26 bits per heavy atom. The summed E-state index contributed by atoms with van der Waals surface area (Å²) in [4.78, 5) is 21.0. The lowest BCUT2D eigenvalue weighted by molar-refractivity contribution is -0.133. The molecule has 0 aliphatic carbocycles. The number of aromatic carboxylic acids is 1. The zero-order valence-corrected chi connectivity index (χ0v) is 11.7. The number of morpholine rings is 1. The maximum Gasteiger partial charge on any atom is 0.356 e. The summed E-state index contributed by atoms with van der Waals surface area (Å²) >= 11 is 0. The van der Waals surface area contributed by atoms with Crippen LogP contribution in [0.2, 0.25) is 0 Å². The van der Waals surface area contributed by atoms with E-state index >= 15 is 0 Å². The van der Waals surface area contributed by atoms with E-state index < -0.39 is 5.97 Å². The first-order valence-electron chi connectivity index (χ1n) is 6.19. The summed E-state index contributed by atoms with van der Waals surface area (Å²) in [6.07, 6.45) is 2.84. The molecule has 1 N–H and O–H groups in total. The molecule has 2 rings (SSSR count). The van der Waals surface area contributed by atoms with E-state index in [2.05, 4.69) is 9.97 Å². The highest BCUT2D eigenvalue weighted by atomic mass is 16.5. The molecular weight excluding hydrogens is 246 g/mol. The van der Waals surface area contributed by atoms with E-state index in [4.69, 9.17) is 9.84 Å². The van der Waals surface area contributed by atoms with Gasteiger partial charge in [-0.1, -0.05) is 0 Å². The molecule has 1 aliphatic rings. The fourth-order valence-electron chi connectivity index (χ4n) is 2.56. The van der Waals surface area contributed by atoms with Crippen LogP contribution in [-0.4, -0.2) is 45.3 Å².